The molecule has 0 aliphatic carbocycles. The first-order valence-electron chi connectivity index (χ1n) is 8.23. The number of amides is 2. The molecule has 2 amide bonds. The Labute approximate surface area is 165 Å². The molecule has 0 aliphatic heterocycles. The van der Waals surface area contributed by atoms with Gasteiger partial charge in [0.25, 0.3) is 0 Å². The number of hydrogen-bond acceptors (Lipinski definition) is 6. The van der Waals surface area contributed by atoms with Crippen LogP contribution in [0.15, 0.2) is 47.2 Å². The minimum Gasteiger partial charge on any atom is -0.495 e. The van der Waals surface area contributed by atoms with E-state index in [-0.39, 0.29) is 18.2 Å². The van der Waals surface area contributed by atoms with Gasteiger partial charge in [0.15, 0.2) is 5.13 Å². The number of ether oxygens (including phenoxy) is 1. The van der Waals surface area contributed by atoms with E-state index in [4.69, 9.17) is 4.74 Å². The highest BCUT2D eigenvalue weighted by molar-refractivity contribution is 7.14. The Balaban J connectivity index is 1.59. The van der Waals surface area contributed by atoms with Crippen molar-refractivity contribution in [1.29, 1.82) is 0 Å². The van der Waals surface area contributed by atoms with Crippen LogP contribution in [0.2, 0.25) is 0 Å². The van der Waals surface area contributed by atoms with Gasteiger partial charge in [0, 0.05) is 17.3 Å². The molecule has 0 saturated heterocycles. The van der Waals surface area contributed by atoms with Crippen LogP contribution in [0, 0.1) is 0 Å². The Bertz CT molecular complexity index is 922. The summed E-state index contributed by atoms with van der Waals surface area (Å²) in [5.41, 5.74) is 1.32. The van der Waals surface area contributed by atoms with Gasteiger partial charge in [-0.2, -0.15) is 0 Å². The van der Waals surface area contributed by atoms with Gasteiger partial charge in [0.05, 0.1) is 31.3 Å². The second-order valence-electron chi connectivity index (χ2n) is 5.75. The minimum absolute atomic E-state index is 0.110. The molecule has 2 aromatic heterocycles. The minimum atomic E-state index is -0.115. The third-order valence-electron chi connectivity index (χ3n) is 3.87. The monoisotopic (exact) mass is 401 g/mol. The number of carbonyl (C=O) groups excluding carboxylic acids is 2. The number of nitrogens with one attached hydrogen (secondary N) is 1. The van der Waals surface area contributed by atoms with E-state index >= 15 is 0 Å². The number of thiophene rings is 1. The van der Waals surface area contributed by atoms with Gasteiger partial charge in [-0.3, -0.25) is 9.59 Å². The fourth-order valence-electron chi connectivity index (χ4n) is 2.50. The topological polar surface area (TPSA) is 71.5 Å². The maximum atomic E-state index is 12.6. The molecule has 6 nitrogen and oxygen atoms in total. The van der Waals surface area contributed by atoms with Crippen molar-refractivity contribution in [2.45, 2.75) is 12.8 Å². The van der Waals surface area contributed by atoms with Crippen LogP contribution in [0.1, 0.15) is 10.6 Å². The van der Waals surface area contributed by atoms with Crippen molar-refractivity contribution >= 4 is 45.3 Å². The molecule has 140 valence electrons. The number of methoxy groups -OCH3 is 1. The number of likely N-dealkylation sites (N-methyl/N-ethyl adjacent to an activating group) is 1. The van der Waals surface area contributed by atoms with Gasteiger partial charge in [-0.25, -0.2) is 4.98 Å². The molecule has 0 unspecified atom stereocenters. The molecule has 3 aromatic rings. The van der Waals surface area contributed by atoms with Crippen molar-refractivity contribution < 1.29 is 14.3 Å². The van der Waals surface area contributed by atoms with Gasteiger partial charge < -0.3 is 15.0 Å². The summed E-state index contributed by atoms with van der Waals surface area (Å²) >= 11 is 2.85. The number of carbonyl (C=O) groups is 2. The van der Waals surface area contributed by atoms with Crippen LogP contribution in [-0.4, -0.2) is 31.0 Å². The van der Waals surface area contributed by atoms with E-state index in [0.29, 0.717) is 28.7 Å². The molecule has 0 bridgehead atoms. The number of benzene rings is 1. The van der Waals surface area contributed by atoms with Crippen LogP contribution in [0.25, 0.3) is 0 Å². The lowest BCUT2D eigenvalue weighted by molar-refractivity contribution is -0.118. The molecule has 1 aromatic carbocycles. The van der Waals surface area contributed by atoms with Gasteiger partial charge in [-0.1, -0.05) is 18.2 Å². The maximum absolute atomic E-state index is 12.6. The highest BCUT2D eigenvalue weighted by atomic mass is 32.1. The molecule has 0 aliphatic rings. The number of thiazole rings is 1. The van der Waals surface area contributed by atoms with Gasteiger partial charge >= 0.3 is 0 Å². The summed E-state index contributed by atoms with van der Waals surface area (Å²) in [5.74, 6) is 0.408. The lowest BCUT2D eigenvalue weighted by Crippen LogP contribution is -2.28. The van der Waals surface area contributed by atoms with Crippen molar-refractivity contribution in [3.63, 3.8) is 0 Å². The molecule has 0 saturated carbocycles. The summed E-state index contributed by atoms with van der Waals surface area (Å²) in [6.45, 7) is 0. The first-order valence-corrected chi connectivity index (χ1v) is 9.99. The number of rotatable bonds is 7. The van der Waals surface area contributed by atoms with Crippen LogP contribution in [-0.2, 0) is 22.4 Å². The van der Waals surface area contributed by atoms with Crippen LogP contribution in [0.3, 0.4) is 0 Å². The van der Waals surface area contributed by atoms with E-state index in [9.17, 15) is 9.59 Å². The number of aromatic nitrogens is 1. The zero-order valence-electron chi connectivity index (χ0n) is 15.0. The molecule has 0 fully saturated rings. The highest BCUT2D eigenvalue weighted by Crippen LogP contribution is 2.27. The molecule has 2 heterocycles. The number of anilines is 2. The maximum Gasteiger partial charge on any atom is 0.232 e. The Hall–Kier alpha value is -2.71. The Morgan fingerprint density at radius 2 is 1.96 bits per heavy atom. The first kappa shape index (κ1) is 19.1. The standard InChI is InChI=1S/C19H19N3O3S2/c1-22(15-7-3-4-8-16(15)25-2)18(24)10-13-12-27-19(20-13)21-17(23)11-14-6-5-9-26-14/h3-9,12H,10-11H2,1-2H3,(H,20,21,23). The lowest BCUT2D eigenvalue weighted by atomic mass is 10.2. The lowest BCUT2D eigenvalue weighted by Gasteiger charge is -2.19. The SMILES string of the molecule is COc1ccccc1N(C)C(=O)Cc1csc(NC(=O)Cc2cccs2)n1. The summed E-state index contributed by atoms with van der Waals surface area (Å²) in [7, 11) is 3.28. The Morgan fingerprint density at radius 3 is 2.70 bits per heavy atom. The summed E-state index contributed by atoms with van der Waals surface area (Å²) in [4.78, 5) is 31.5. The molecule has 3 rings (SSSR count). The summed E-state index contributed by atoms with van der Waals surface area (Å²) < 4.78 is 5.30. The average Bonchev–Trinajstić information content (AvgIpc) is 3.33. The second-order valence-corrected chi connectivity index (χ2v) is 7.64. The van der Waals surface area contributed by atoms with E-state index in [1.165, 1.54) is 11.3 Å². The van der Waals surface area contributed by atoms with E-state index in [0.717, 1.165) is 4.88 Å². The van der Waals surface area contributed by atoms with Gasteiger partial charge in [-0.05, 0) is 23.6 Å². The van der Waals surface area contributed by atoms with E-state index in [2.05, 4.69) is 10.3 Å². The summed E-state index contributed by atoms with van der Waals surface area (Å²) in [5, 5.41) is 7.01. The predicted octanol–water partition coefficient (Wildman–Crippen LogP) is 3.60. The van der Waals surface area contributed by atoms with Gasteiger partial charge in [0.2, 0.25) is 11.8 Å². The van der Waals surface area contributed by atoms with Crippen molar-refractivity contribution in [2.75, 3.05) is 24.4 Å². The molecule has 0 spiro atoms. The highest BCUT2D eigenvalue weighted by Gasteiger charge is 2.17. The van der Waals surface area contributed by atoms with Gasteiger partial charge in [-0.15, -0.1) is 22.7 Å². The zero-order chi connectivity index (χ0) is 19.2. The molecule has 0 atom stereocenters. The van der Waals surface area contributed by atoms with Crippen molar-refractivity contribution in [3.05, 3.63) is 57.7 Å². The summed E-state index contributed by atoms with van der Waals surface area (Å²) in [6, 6.07) is 11.2. The first-order chi connectivity index (χ1) is 13.1. The molecule has 1 N–H and O–H groups in total. The fourth-order valence-corrected chi connectivity index (χ4v) is 3.93. The number of para-hydroxylation sites is 2. The summed E-state index contributed by atoms with van der Waals surface area (Å²) in [6.07, 6.45) is 0.466. The number of hydrogen-bond donors (Lipinski definition) is 1. The second kappa shape index (κ2) is 8.79. The van der Waals surface area contributed by atoms with Crippen molar-refractivity contribution in [3.8, 4) is 5.75 Å². The zero-order valence-corrected chi connectivity index (χ0v) is 16.6. The van der Waals surface area contributed by atoms with Crippen LogP contribution >= 0.6 is 22.7 Å². The Kier molecular flexibility index (Phi) is 6.20. The quantitative estimate of drug-likeness (QED) is 0.657. The fraction of sp³-hybridized carbons (Fsp3) is 0.211. The smallest absolute Gasteiger partial charge is 0.232 e. The van der Waals surface area contributed by atoms with E-state index in [1.807, 2.05) is 41.8 Å². The molecular formula is C19H19N3O3S2. The van der Waals surface area contributed by atoms with Crippen molar-refractivity contribution in [2.24, 2.45) is 0 Å². The van der Waals surface area contributed by atoms with E-state index in [1.54, 1.807) is 35.8 Å². The molecule has 8 heteroatoms. The van der Waals surface area contributed by atoms with Crippen LogP contribution in [0.4, 0.5) is 10.8 Å². The third-order valence-corrected chi connectivity index (χ3v) is 5.55. The van der Waals surface area contributed by atoms with Crippen LogP contribution < -0.4 is 15.0 Å². The predicted molar refractivity (Wildman–Crippen MR) is 109 cm³/mol. The van der Waals surface area contributed by atoms with E-state index < -0.39 is 0 Å². The normalized spacial score (nSPS) is 10.4. The molecular weight excluding hydrogens is 382 g/mol. The third kappa shape index (κ3) is 4.93. The Morgan fingerprint density at radius 1 is 1.15 bits per heavy atom. The van der Waals surface area contributed by atoms with Gasteiger partial charge in [0.1, 0.15) is 5.75 Å². The van der Waals surface area contributed by atoms with Crippen LogP contribution in [0.5, 0.6) is 5.75 Å². The number of nitrogens with zero attached hydrogens (tertiary/aromatic N) is 2. The average molecular weight is 402 g/mol. The molecule has 27 heavy (non-hydrogen) atoms. The largest absolute Gasteiger partial charge is 0.495 e. The molecule has 0 radical (unpaired) electrons. The van der Waals surface area contributed by atoms with Crippen molar-refractivity contribution in [1.82, 2.24) is 4.98 Å².